The molecular weight excluding hydrogens is 248 g/mol. The lowest BCUT2D eigenvalue weighted by Gasteiger charge is -2.34. The topological polar surface area (TPSA) is 87.7 Å². The van der Waals surface area contributed by atoms with Gasteiger partial charge in [-0.05, 0) is 25.7 Å². The van der Waals surface area contributed by atoms with Crippen molar-refractivity contribution in [2.75, 3.05) is 13.7 Å². The summed E-state index contributed by atoms with van der Waals surface area (Å²) in [4.78, 5) is 23.0. The van der Waals surface area contributed by atoms with E-state index in [1.165, 1.54) is 0 Å². The van der Waals surface area contributed by atoms with Gasteiger partial charge in [0.05, 0.1) is 11.5 Å². The molecule has 0 heterocycles. The molecule has 3 N–H and O–H groups in total. The summed E-state index contributed by atoms with van der Waals surface area (Å²) in [6, 6.07) is -0.124. The number of methoxy groups -OCH3 is 1. The van der Waals surface area contributed by atoms with E-state index >= 15 is 0 Å². The van der Waals surface area contributed by atoms with Crippen LogP contribution in [0.5, 0.6) is 0 Å². The van der Waals surface area contributed by atoms with Crippen molar-refractivity contribution in [3.63, 3.8) is 0 Å². The molecule has 0 unspecified atom stereocenters. The Hall–Kier alpha value is -1.30. The van der Waals surface area contributed by atoms with Crippen LogP contribution in [0.25, 0.3) is 0 Å². The number of hydrogen-bond acceptors (Lipinski definition) is 3. The molecular formula is C13H22N2O4. The Morgan fingerprint density at radius 1 is 1.32 bits per heavy atom. The molecule has 0 aromatic heterocycles. The second kappa shape index (κ2) is 5.77. The first-order valence-electron chi connectivity index (χ1n) is 6.86. The highest BCUT2D eigenvalue weighted by Gasteiger charge is 2.41. The minimum absolute atomic E-state index is 0.148. The first-order valence-corrected chi connectivity index (χ1v) is 6.86. The van der Waals surface area contributed by atoms with Gasteiger partial charge >= 0.3 is 12.0 Å². The summed E-state index contributed by atoms with van der Waals surface area (Å²) in [7, 11) is 1.66. The Morgan fingerprint density at radius 3 is 2.47 bits per heavy atom. The van der Waals surface area contributed by atoms with Crippen LogP contribution in [0.15, 0.2) is 0 Å². The molecule has 0 atom stereocenters. The van der Waals surface area contributed by atoms with Gasteiger partial charge in [-0.15, -0.1) is 0 Å². The largest absolute Gasteiger partial charge is 0.481 e. The average molecular weight is 270 g/mol. The van der Waals surface area contributed by atoms with Gasteiger partial charge in [-0.1, -0.05) is 12.8 Å². The molecule has 19 heavy (non-hydrogen) atoms. The number of carbonyl (C=O) groups excluding carboxylic acids is 1. The van der Waals surface area contributed by atoms with Crippen molar-refractivity contribution in [2.24, 2.45) is 5.41 Å². The molecule has 2 rings (SSSR count). The zero-order valence-corrected chi connectivity index (χ0v) is 11.3. The number of carbonyl (C=O) groups is 2. The third kappa shape index (κ3) is 3.18. The van der Waals surface area contributed by atoms with Crippen molar-refractivity contribution in [3.05, 3.63) is 0 Å². The molecule has 6 nitrogen and oxygen atoms in total. The van der Waals surface area contributed by atoms with Crippen LogP contribution in [-0.2, 0) is 9.53 Å². The molecule has 0 aromatic carbocycles. The predicted molar refractivity (Wildman–Crippen MR) is 68.9 cm³/mol. The molecule has 6 heteroatoms. The molecule has 0 spiro atoms. The molecule has 0 radical (unpaired) electrons. The molecule has 2 amide bonds. The molecule has 0 bridgehead atoms. The summed E-state index contributed by atoms with van der Waals surface area (Å²) in [5.41, 5.74) is -0.758. The molecule has 2 fully saturated rings. The van der Waals surface area contributed by atoms with Gasteiger partial charge in [-0.25, -0.2) is 4.79 Å². The van der Waals surface area contributed by atoms with E-state index in [9.17, 15) is 14.7 Å². The van der Waals surface area contributed by atoms with Crippen LogP contribution in [0.3, 0.4) is 0 Å². The quantitative estimate of drug-likeness (QED) is 0.698. The zero-order valence-electron chi connectivity index (χ0n) is 11.3. The highest BCUT2D eigenvalue weighted by molar-refractivity contribution is 5.78. The molecule has 2 aliphatic rings. The Bertz CT molecular complexity index is 347. The number of urea groups is 1. The van der Waals surface area contributed by atoms with E-state index in [-0.39, 0.29) is 24.7 Å². The van der Waals surface area contributed by atoms with E-state index in [0.29, 0.717) is 12.8 Å². The maximum atomic E-state index is 11.7. The van der Waals surface area contributed by atoms with E-state index in [1.54, 1.807) is 7.11 Å². The van der Waals surface area contributed by atoms with Gasteiger partial charge in [0.2, 0.25) is 0 Å². The summed E-state index contributed by atoms with van der Waals surface area (Å²) in [6.45, 7) is 0.217. The van der Waals surface area contributed by atoms with Gasteiger partial charge in [0.1, 0.15) is 0 Å². The summed E-state index contributed by atoms with van der Waals surface area (Å²) in [5.74, 6) is -0.798. The molecule has 2 saturated carbocycles. The Balaban J connectivity index is 1.72. The highest BCUT2D eigenvalue weighted by Crippen LogP contribution is 2.37. The normalized spacial score (nSPS) is 28.5. The van der Waals surface area contributed by atoms with Gasteiger partial charge < -0.3 is 20.5 Å². The van der Waals surface area contributed by atoms with E-state index in [4.69, 9.17) is 4.74 Å². The Kier molecular flexibility index (Phi) is 4.29. The van der Waals surface area contributed by atoms with Gasteiger partial charge in [0, 0.05) is 19.7 Å². The maximum absolute atomic E-state index is 11.7. The Labute approximate surface area is 112 Å². The van der Waals surface area contributed by atoms with E-state index < -0.39 is 11.4 Å². The molecule has 108 valence electrons. The third-order valence-electron chi connectivity index (χ3n) is 4.37. The van der Waals surface area contributed by atoms with E-state index in [0.717, 1.165) is 25.7 Å². The lowest BCUT2D eigenvalue weighted by molar-refractivity contribution is -0.148. The number of nitrogens with one attached hydrogen (secondary N) is 2. The van der Waals surface area contributed by atoms with E-state index in [2.05, 4.69) is 10.6 Å². The van der Waals surface area contributed by atoms with Crippen LogP contribution in [0.1, 0.15) is 38.5 Å². The van der Waals surface area contributed by atoms with Crippen molar-refractivity contribution < 1.29 is 19.4 Å². The summed E-state index contributed by atoms with van der Waals surface area (Å²) >= 11 is 0. The van der Waals surface area contributed by atoms with Gasteiger partial charge in [0.25, 0.3) is 0 Å². The summed E-state index contributed by atoms with van der Waals surface area (Å²) < 4.78 is 5.14. The molecule has 0 saturated heterocycles. The van der Waals surface area contributed by atoms with Gasteiger partial charge in [0.15, 0.2) is 0 Å². The van der Waals surface area contributed by atoms with Crippen molar-refractivity contribution in [2.45, 2.75) is 50.7 Å². The fourth-order valence-corrected chi connectivity index (χ4v) is 2.88. The number of amides is 2. The van der Waals surface area contributed by atoms with Crippen LogP contribution >= 0.6 is 0 Å². The number of hydrogen-bond donors (Lipinski definition) is 3. The average Bonchev–Trinajstić information content (AvgIpc) is 2.80. The van der Waals surface area contributed by atoms with Crippen molar-refractivity contribution in [1.82, 2.24) is 10.6 Å². The number of carboxylic acid groups (broad SMARTS) is 1. The second-order valence-corrected chi connectivity index (χ2v) is 5.65. The minimum atomic E-state index is -0.798. The first kappa shape index (κ1) is 14.1. The highest BCUT2D eigenvalue weighted by atomic mass is 16.5. The number of rotatable bonds is 5. The number of carboxylic acids is 1. The van der Waals surface area contributed by atoms with Gasteiger partial charge in [-0.2, -0.15) is 0 Å². The van der Waals surface area contributed by atoms with E-state index in [1.807, 2.05) is 0 Å². The van der Waals surface area contributed by atoms with Crippen LogP contribution in [0.2, 0.25) is 0 Å². The zero-order chi connectivity index (χ0) is 13.9. The van der Waals surface area contributed by atoms with Crippen molar-refractivity contribution in [3.8, 4) is 0 Å². The third-order valence-corrected chi connectivity index (χ3v) is 4.37. The monoisotopic (exact) mass is 270 g/mol. The SMILES string of the molecule is COC1CC(NC(=O)NCC2(C(=O)O)CCCC2)C1. The predicted octanol–water partition coefficient (Wildman–Crippen LogP) is 1.11. The number of ether oxygens (including phenoxy) is 1. The second-order valence-electron chi connectivity index (χ2n) is 5.65. The lowest BCUT2D eigenvalue weighted by atomic mass is 9.86. The van der Waals surface area contributed by atoms with Crippen LogP contribution in [0.4, 0.5) is 4.79 Å². The van der Waals surface area contributed by atoms with Crippen LogP contribution < -0.4 is 10.6 Å². The molecule has 2 aliphatic carbocycles. The van der Waals surface area contributed by atoms with Crippen molar-refractivity contribution in [1.29, 1.82) is 0 Å². The molecule has 0 aliphatic heterocycles. The first-order chi connectivity index (χ1) is 9.05. The fraction of sp³-hybridized carbons (Fsp3) is 0.846. The lowest BCUT2D eigenvalue weighted by Crippen LogP contribution is -2.52. The number of aliphatic carboxylic acids is 1. The van der Waals surface area contributed by atoms with Crippen LogP contribution in [0, 0.1) is 5.41 Å². The van der Waals surface area contributed by atoms with Crippen molar-refractivity contribution >= 4 is 12.0 Å². The smallest absolute Gasteiger partial charge is 0.315 e. The van der Waals surface area contributed by atoms with Crippen LogP contribution in [-0.4, -0.2) is 42.9 Å². The summed E-state index contributed by atoms with van der Waals surface area (Å²) in [5, 5.41) is 14.8. The fourth-order valence-electron chi connectivity index (χ4n) is 2.88. The minimum Gasteiger partial charge on any atom is -0.481 e. The Morgan fingerprint density at radius 2 is 1.95 bits per heavy atom. The summed E-state index contributed by atoms with van der Waals surface area (Å²) in [6.07, 6.45) is 5.05. The standard InChI is InChI=1S/C13H22N2O4/c1-19-10-6-9(7-10)15-12(18)14-8-13(11(16)17)4-2-3-5-13/h9-10H,2-8H2,1H3,(H,16,17)(H2,14,15,18). The van der Waals surface area contributed by atoms with Gasteiger partial charge in [-0.3, -0.25) is 4.79 Å². The molecule has 0 aromatic rings. The maximum Gasteiger partial charge on any atom is 0.315 e.